The van der Waals surface area contributed by atoms with E-state index in [2.05, 4.69) is 49.8 Å². The molecule has 2 atom stereocenters. The normalized spacial score (nSPS) is 20.5. The summed E-state index contributed by atoms with van der Waals surface area (Å²) in [5.74, 6) is 1.09. The highest BCUT2D eigenvalue weighted by Gasteiger charge is 2.27. The Hall–Kier alpha value is -2.08. The zero-order chi connectivity index (χ0) is 24.2. The summed E-state index contributed by atoms with van der Waals surface area (Å²) >= 11 is 5.96. The Kier molecular flexibility index (Phi) is 8.18. The van der Waals surface area contributed by atoms with Crippen LogP contribution in [0, 0.1) is 13.8 Å². The van der Waals surface area contributed by atoms with Crippen molar-refractivity contribution in [3.63, 3.8) is 0 Å². The molecule has 2 aromatic carbocycles. The number of piperazine rings is 1. The van der Waals surface area contributed by atoms with Crippen molar-refractivity contribution in [1.82, 2.24) is 14.7 Å². The van der Waals surface area contributed by atoms with Gasteiger partial charge in [0.1, 0.15) is 5.75 Å². The van der Waals surface area contributed by atoms with Crippen LogP contribution in [0.4, 0.5) is 0 Å². The molecule has 34 heavy (non-hydrogen) atoms. The molecule has 2 heterocycles. The molecule has 5 nitrogen and oxygen atoms in total. The van der Waals surface area contributed by atoms with E-state index in [9.17, 15) is 4.79 Å². The number of likely N-dealkylation sites (tertiary alicyclic amines) is 1. The molecule has 2 aromatic rings. The topological polar surface area (TPSA) is 36.0 Å². The minimum Gasteiger partial charge on any atom is -0.493 e. The molecule has 0 aliphatic carbocycles. The van der Waals surface area contributed by atoms with Gasteiger partial charge in [-0.05, 0) is 101 Å². The number of halogens is 1. The summed E-state index contributed by atoms with van der Waals surface area (Å²) in [7, 11) is 2.22. The fourth-order valence-corrected chi connectivity index (χ4v) is 5.48. The van der Waals surface area contributed by atoms with Crippen LogP contribution in [0.2, 0.25) is 5.02 Å². The summed E-state index contributed by atoms with van der Waals surface area (Å²) in [6.07, 6.45) is 3.68. The fraction of sp³-hybridized carbons (Fsp3) is 0.536. The highest BCUT2D eigenvalue weighted by atomic mass is 35.5. The second-order valence-electron chi connectivity index (χ2n) is 9.83. The second-order valence-corrected chi connectivity index (χ2v) is 10.3. The van der Waals surface area contributed by atoms with Gasteiger partial charge in [-0.3, -0.25) is 9.69 Å². The summed E-state index contributed by atoms with van der Waals surface area (Å²) in [6, 6.07) is 12.5. The van der Waals surface area contributed by atoms with Crippen molar-refractivity contribution in [2.24, 2.45) is 0 Å². The predicted molar refractivity (Wildman–Crippen MR) is 139 cm³/mol. The number of hydrogen-bond acceptors (Lipinski definition) is 4. The molecule has 1 unspecified atom stereocenters. The number of rotatable bonds is 7. The molecule has 0 bridgehead atoms. The van der Waals surface area contributed by atoms with E-state index in [1.807, 2.05) is 4.90 Å². The first-order chi connectivity index (χ1) is 16.3. The van der Waals surface area contributed by atoms with Gasteiger partial charge in [0.15, 0.2) is 0 Å². The van der Waals surface area contributed by atoms with Crippen LogP contribution in [0.1, 0.15) is 59.3 Å². The predicted octanol–water partition coefficient (Wildman–Crippen LogP) is 5.34. The Morgan fingerprint density at radius 3 is 2.38 bits per heavy atom. The lowest BCUT2D eigenvalue weighted by Gasteiger charge is -2.39. The van der Waals surface area contributed by atoms with Crippen molar-refractivity contribution < 1.29 is 9.53 Å². The van der Waals surface area contributed by atoms with Gasteiger partial charge >= 0.3 is 0 Å². The number of nitrogens with zero attached hydrogens (tertiary/aromatic N) is 3. The van der Waals surface area contributed by atoms with Crippen LogP contribution in [-0.2, 0) is 0 Å². The third-order valence-corrected chi connectivity index (χ3v) is 8.10. The monoisotopic (exact) mass is 483 g/mol. The van der Waals surface area contributed by atoms with Gasteiger partial charge in [0.25, 0.3) is 5.91 Å². The van der Waals surface area contributed by atoms with Crippen molar-refractivity contribution in [1.29, 1.82) is 0 Å². The standard InChI is InChI=1S/C28H38ClN3O2/c1-20-21(2)27(34-19-13-25-6-5-14-30(25)4)12-11-26(20)22(3)31-15-17-32(18-16-31)28(33)23-7-9-24(29)10-8-23/h7-12,22,25H,5-6,13-19H2,1-4H3/t22-,25?/m1/s1. The molecule has 184 valence electrons. The van der Waals surface area contributed by atoms with Gasteiger partial charge in [0.05, 0.1) is 6.61 Å². The SMILES string of the molecule is Cc1c(OCCC2CCCN2C)ccc([C@@H](C)N2CCN(C(=O)c3ccc(Cl)cc3)CC2)c1C. The molecule has 6 heteroatoms. The maximum Gasteiger partial charge on any atom is 0.253 e. The van der Waals surface area contributed by atoms with Crippen LogP contribution in [-0.4, -0.2) is 73.0 Å². The highest BCUT2D eigenvalue weighted by Crippen LogP contribution is 2.31. The number of carbonyl (C=O) groups is 1. The van der Waals surface area contributed by atoms with Crippen LogP contribution in [0.15, 0.2) is 36.4 Å². The fourth-order valence-electron chi connectivity index (χ4n) is 5.36. The quantitative estimate of drug-likeness (QED) is 0.532. The maximum absolute atomic E-state index is 12.8. The molecule has 0 N–H and O–H groups in total. The van der Waals surface area contributed by atoms with Crippen LogP contribution in [0.5, 0.6) is 5.75 Å². The van der Waals surface area contributed by atoms with Crippen LogP contribution < -0.4 is 4.74 Å². The lowest BCUT2D eigenvalue weighted by molar-refractivity contribution is 0.0581. The molecular weight excluding hydrogens is 446 g/mol. The first-order valence-electron chi connectivity index (χ1n) is 12.6. The van der Waals surface area contributed by atoms with Crippen molar-refractivity contribution in [2.45, 2.75) is 52.1 Å². The van der Waals surface area contributed by atoms with Gasteiger partial charge in [0, 0.05) is 48.8 Å². The minimum atomic E-state index is 0.0845. The van der Waals surface area contributed by atoms with E-state index in [-0.39, 0.29) is 5.91 Å². The Labute approximate surface area is 209 Å². The van der Waals surface area contributed by atoms with Crippen LogP contribution in [0.3, 0.4) is 0 Å². The van der Waals surface area contributed by atoms with E-state index < -0.39 is 0 Å². The number of carbonyl (C=O) groups excluding carboxylic acids is 1. The Bertz CT molecular complexity index is 986. The highest BCUT2D eigenvalue weighted by molar-refractivity contribution is 6.30. The molecule has 2 aliphatic heterocycles. The zero-order valence-electron chi connectivity index (χ0n) is 21.0. The van der Waals surface area contributed by atoms with Crippen LogP contribution in [0.25, 0.3) is 0 Å². The van der Waals surface area contributed by atoms with Gasteiger partial charge in [0.2, 0.25) is 0 Å². The summed E-state index contributed by atoms with van der Waals surface area (Å²) < 4.78 is 6.21. The Balaban J connectivity index is 1.33. The zero-order valence-corrected chi connectivity index (χ0v) is 21.8. The molecule has 0 spiro atoms. The van der Waals surface area contributed by atoms with Gasteiger partial charge in [-0.2, -0.15) is 0 Å². The first-order valence-corrected chi connectivity index (χ1v) is 12.9. The molecule has 0 radical (unpaired) electrons. The molecule has 2 aliphatic rings. The summed E-state index contributed by atoms with van der Waals surface area (Å²) in [6.45, 7) is 11.8. The Morgan fingerprint density at radius 1 is 1.03 bits per heavy atom. The lowest BCUT2D eigenvalue weighted by atomic mass is 9.96. The van der Waals surface area contributed by atoms with E-state index in [1.54, 1.807) is 24.3 Å². The average Bonchev–Trinajstić information content (AvgIpc) is 3.26. The van der Waals surface area contributed by atoms with Gasteiger partial charge < -0.3 is 14.5 Å². The lowest BCUT2D eigenvalue weighted by Crippen LogP contribution is -2.49. The second kappa shape index (κ2) is 11.1. The molecule has 2 fully saturated rings. The summed E-state index contributed by atoms with van der Waals surface area (Å²) in [5.41, 5.74) is 4.59. The third-order valence-electron chi connectivity index (χ3n) is 7.85. The van der Waals surface area contributed by atoms with E-state index in [1.165, 1.54) is 36.1 Å². The number of hydrogen-bond donors (Lipinski definition) is 0. The Morgan fingerprint density at radius 2 is 1.74 bits per heavy atom. The maximum atomic E-state index is 12.8. The van der Waals surface area contributed by atoms with Gasteiger partial charge in [-0.15, -0.1) is 0 Å². The van der Waals surface area contributed by atoms with E-state index in [0.29, 0.717) is 22.7 Å². The summed E-state index contributed by atoms with van der Waals surface area (Å²) in [5, 5.41) is 0.652. The number of amides is 1. The minimum absolute atomic E-state index is 0.0845. The molecular formula is C28H38ClN3O2. The van der Waals surface area contributed by atoms with Crippen molar-refractivity contribution in [3.05, 3.63) is 63.7 Å². The van der Waals surface area contributed by atoms with Crippen molar-refractivity contribution in [2.75, 3.05) is 46.4 Å². The average molecular weight is 484 g/mol. The van der Waals surface area contributed by atoms with Crippen molar-refractivity contribution >= 4 is 17.5 Å². The molecule has 2 saturated heterocycles. The first kappa shape index (κ1) is 25.0. The molecule has 4 rings (SSSR count). The van der Waals surface area contributed by atoms with E-state index >= 15 is 0 Å². The largest absolute Gasteiger partial charge is 0.493 e. The van der Waals surface area contributed by atoms with E-state index in [4.69, 9.17) is 16.3 Å². The molecule has 1 amide bonds. The number of benzene rings is 2. The third kappa shape index (κ3) is 5.59. The number of ether oxygens (including phenoxy) is 1. The van der Waals surface area contributed by atoms with E-state index in [0.717, 1.165) is 45.0 Å². The molecule has 0 aromatic heterocycles. The smallest absolute Gasteiger partial charge is 0.253 e. The molecule has 0 saturated carbocycles. The van der Waals surface area contributed by atoms with Gasteiger partial charge in [-0.25, -0.2) is 0 Å². The van der Waals surface area contributed by atoms with Gasteiger partial charge in [-0.1, -0.05) is 17.7 Å². The van der Waals surface area contributed by atoms with Crippen molar-refractivity contribution in [3.8, 4) is 5.75 Å². The summed E-state index contributed by atoms with van der Waals surface area (Å²) in [4.78, 5) is 19.7. The van der Waals surface area contributed by atoms with Crippen LogP contribution >= 0.6 is 11.6 Å².